The molecule has 0 bridgehead atoms. The normalized spacial score (nSPS) is 19.1. The van der Waals surface area contributed by atoms with E-state index < -0.39 is 36.4 Å². The van der Waals surface area contributed by atoms with Crippen molar-refractivity contribution in [2.24, 2.45) is 5.92 Å². The summed E-state index contributed by atoms with van der Waals surface area (Å²) in [5, 5.41) is 19.6. The van der Waals surface area contributed by atoms with Crippen molar-refractivity contribution < 1.29 is 28.6 Å². The van der Waals surface area contributed by atoms with Crippen LogP contribution in [0, 0.1) is 5.92 Å². The number of aromatic carboxylic acids is 1. The molecule has 1 saturated heterocycles. The van der Waals surface area contributed by atoms with Gasteiger partial charge in [0.05, 0.1) is 6.10 Å². The summed E-state index contributed by atoms with van der Waals surface area (Å²) in [6.07, 6.45) is 4.56. The van der Waals surface area contributed by atoms with E-state index >= 15 is 0 Å². The van der Waals surface area contributed by atoms with Gasteiger partial charge in [-0.25, -0.2) is 4.79 Å². The highest BCUT2D eigenvalue weighted by Gasteiger charge is 2.52. The summed E-state index contributed by atoms with van der Waals surface area (Å²) >= 11 is 1.16. The zero-order chi connectivity index (χ0) is 25.4. The van der Waals surface area contributed by atoms with Crippen molar-refractivity contribution in [3.05, 3.63) is 57.8 Å². The van der Waals surface area contributed by atoms with Crippen molar-refractivity contribution in [2.75, 3.05) is 6.54 Å². The topological polar surface area (TPSA) is 77.8 Å². The van der Waals surface area contributed by atoms with Gasteiger partial charge in [0.25, 0.3) is 5.91 Å². The molecule has 2 N–H and O–H groups in total. The number of carboxylic acid groups (broad SMARTS) is 1. The number of carbonyl (C=O) groups excluding carboxylic acids is 1. The van der Waals surface area contributed by atoms with Crippen molar-refractivity contribution in [3.8, 4) is 0 Å². The van der Waals surface area contributed by atoms with E-state index in [9.17, 15) is 23.5 Å². The van der Waals surface area contributed by atoms with Crippen LogP contribution in [-0.2, 0) is 17.6 Å². The molecule has 1 aliphatic heterocycles. The van der Waals surface area contributed by atoms with Gasteiger partial charge in [0.1, 0.15) is 4.88 Å². The summed E-state index contributed by atoms with van der Waals surface area (Å²) in [6, 6.07) is 12.9. The fourth-order valence-electron chi connectivity index (χ4n) is 4.74. The monoisotopic (exact) mass is 507 g/mol. The number of unbranched alkanes of at least 4 members (excludes halogenated alkanes) is 1. The van der Waals surface area contributed by atoms with Crippen molar-refractivity contribution in [3.63, 3.8) is 0 Å². The van der Waals surface area contributed by atoms with Crippen LogP contribution in [0.1, 0.15) is 72.0 Å². The number of rotatable bonds is 14. The van der Waals surface area contributed by atoms with E-state index in [-0.39, 0.29) is 17.3 Å². The Hall–Kier alpha value is -2.32. The number of aliphatic hydroxyl groups excluding tert-OH is 1. The summed E-state index contributed by atoms with van der Waals surface area (Å²) < 4.78 is 28.4. The third-order valence-corrected chi connectivity index (χ3v) is 8.00. The maximum absolute atomic E-state index is 14.2. The molecule has 35 heavy (non-hydrogen) atoms. The van der Waals surface area contributed by atoms with Crippen LogP contribution < -0.4 is 0 Å². The molecule has 5 nitrogen and oxygen atoms in total. The van der Waals surface area contributed by atoms with Gasteiger partial charge in [-0.1, -0.05) is 43.7 Å². The molecule has 2 aromatic rings. The molecule has 192 valence electrons. The SMILES string of the molecule is C[C@H](CCCCc1ccccc1)[C@H](O)CCC1CC(F)(F)C(=O)N1CCCc1ccc(C(=O)O)s1. The van der Waals surface area contributed by atoms with Gasteiger partial charge in [0, 0.05) is 23.9 Å². The summed E-state index contributed by atoms with van der Waals surface area (Å²) in [7, 11) is 0. The second-order valence-electron chi connectivity index (χ2n) is 9.59. The van der Waals surface area contributed by atoms with Gasteiger partial charge in [0.2, 0.25) is 0 Å². The Balaban J connectivity index is 1.42. The second kappa shape index (κ2) is 12.6. The quantitative estimate of drug-likeness (QED) is 0.317. The van der Waals surface area contributed by atoms with Gasteiger partial charge < -0.3 is 15.1 Å². The minimum Gasteiger partial charge on any atom is -0.477 e. The molecule has 0 radical (unpaired) electrons. The van der Waals surface area contributed by atoms with E-state index in [1.165, 1.54) is 16.5 Å². The Morgan fingerprint density at radius 2 is 1.86 bits per heavy atom. The molecule has 0 spiro atoms. The first-order valence-electron chi connectivity index (χ1n) is 12.4. The van der Waals surface area contributed by atoms with Gasteiger partial charge in [-0.05, 0) is 68.6 Å². The van der Waals surface area contributed by atoms with Crippen LogP contribution in [-0.4, -0.2) is 51.6 Å². The Morgan fingerprint density at radius 1 is 1.11 bits per heavy atom. The number of amides is 1. The molecule has 1 aromatic heterocycles. The highest BCUT2D eigenvalue weighted by Crippen LogP contribution is 2.36. The van der Waals surface area contributed by atoms with Crippen LogP contribution in [0.15, 0.2) is 42.5 Å². The third kappa shape index (κ3) is 7.84. The third-order valence-electron chi connectivity index (χ3n) is 6.87. The Labute approximate surface area is 209 Å². The highest BCUT2D eigenvalue weighted by atomic mass is 32.1. The van der Waals surface area contributed by atoms with Crippen LogP contribution in [0.4, 0.5) is 8.78 Å². The number of hydrogen-bond acceptors (Lipinski definition) is 4. The van der Waals surface area contributed by atoms with Crippen molar-refractivity contribution in [1.29, 1.82) is 0 Å². The summed E-state index contributed by atoms with van der Waals surface area (Å²) in [4.78, 5) is 25.7. The first-order chi connectivity index (χ1) is 16.7. The lowest BCUT2D eigenvalue weighted by atomic mass is 9.92. The molecule has 1 fully saturated rings. The number of nitrogens with zero attached hydrogens (tertiary/aromatic N) is 1. The molecule has 3 rings (SSSR count). The van der Waals surface area contributed by atoms with Gasteiger partial charge in [-0.3, -0.25) is 4.79 Å². The number of aliphatic hydroxyl groups is 1. The number of likely N-dealkylation sites (tertiary alicyclic amines) is 1. The van der Waals surface area contributed by atoms with Crippen LogP contribution in [0.5, 0.6) is 0 Å². The molecule has 0 aliphatic carbocycles. The first kappa shape index (κ1) is 27.3. The van der Waals surface area contributed by atoms with Crippen molar-refractivity contribution >= 4 is 23.2 Å². The smallest absolute Gasteiger partial charge is 0.345 e. The Bertz CT molecular complexity index is 965. The van der Waals surface area contributed by atoms with Crippen molar-refractivity contribution in [1.82, 2.24) is 4.90 Å². The van der Waals surface area contributed by atoms with Gasteiger partial charge in [0.15, 0.2) is 0 Å². The molecular formula is C27H35F2NO4S. The first-order valence-corrected chi connectivity index (χ1v) is 13.2. The number of aryl methyl sites for hydroxylation is 2. The molecule has 3 atom stereocenters. The number of hydrogen-bond donors (Lipinski definition) is 2. The number of halogens is 2. The van der Waals surface area contributed by atoms with Crippen molar-refractivity contribution in [2.45, 2.75) is 82.8 Å². The zero-order valence-corrected chi connectivity index (χ0v) is 21.0. The van der Waals surface area contributed by atoms with Gasteiger partial charge in [-0.2, -0.15) is 8.78 Å². The molecular weight excluding hydrogens is 472 g/mol. The fraction of sp³-hybridized carbons (Fsp3) is 0.556. The lowest BCUT2D eigenvalue weighted by Crippen LogP contribution is -2.37. The van der Waals surface area contributed by atoms with E-state index in [1.54, 1.807) is 6.07 Å². The highest BCUT2D eigenvalue weighted by molar-refractivity contribution is 7.13. The van der Waals surface area contributed by atoms with Crippen LogP contribution in [0.25, 0.3) is 0 Å². The zero-order valence-electron chi connectivity index (χ0n) is 20.2. The molecule has 1 aliphatic rings. The predicted molar refractivity (Wildman–Crippen MR) is 133 cm³/mol. The maximum atomic E-state index is 14.2. The number of carboxylic acids is 1. The summed E-state index contributed by atoms with van der Waals surface area (Å²) in [5.74, 6) is -5.42. The molecule has 8 heteroatoms. The number of alkyl halides is 2. The van der Waals surface area contributed by atoms with E-state index in [0.29, 0.717) is 25.7 Å². The van der Waals surface area contributed by atoms with Crippen LogP contribution in [0.3, 0.4) is 0 Å². The Kier molecular flexibility index (Phi) is 9.80. The predicted octanol–water partition coefficient (Wildman–Crippen LogP) is 5.81. The Morgan fingerprint density at radius 3 is 2.54 bits per heavy atom. The minimum absolute atomic E-state index is 0.0686. The average Bonchev–Trinajstić information content (AvgIpc) is 3.39. The van der Waals surface area contributed by atoms with E-state index in [2.05, 4.69) is 12.1 Å². The van der Waals surface area contributed by atoms with E-state index in [0.717, 1.165) is 41.9 Å². The van der Waals surface area contributed by atoms with E-state index in [4.69, 9.17) is 5.11 Å². The summed E-state index contributed by atoms with van der Waals surface area (Å²) in [6.45, 7) is 2.19. The standard InChI is InChI=1S/C27H35F2NO4S/c1-19(8-5-6-11-20-9-3-2-4-10-20)23(31)15-13-21-18-27(28,29)26(34)30(21)17-7-12-22-14-16-24(35-22)25(32)33/h2-4,9-10,14,16,19,21,23,31H,5-8,11-13,15,17-18H2,1H3,(H,32,33)/t19-,21?,23-/m1/s1. The van der Waals surface area contributed by atoms with Crippen LogP contribution in [0.2, 0.25) is 0 Å². The molecule has 0 saturated carbocycles. The molecule has 1 amide bonds. The van der Waals surface area contributed by atoms with Crippen LogP contribution >= 0.6 is 11.3 Å². The number of benzene rings is 1. The second-order valence-corrected chi connectivity index (χ2v) is 10.8. The summed E-state index contributed by atoms with van der Waals surface area (Å²) in [5.41, 5.74) is 1.30. The maximum Gasteiger partial charge on any atom is 0.345 e. The lowest BCUT2D eigenvalue weighted by Gasteiger charge is -2.26. The number of thiophene rings is 1. The number of carbonyl (C=O) groups is 2. The van der Waals surface area contributed by atoms with E-state index in [1.807, 2.05) is 25.1 Å². The fourth-order valence-corrected chi connectivity index (χ4v) is 5.63. The average molecular weight is 508 g/mol. The molecule has 1 unspecified atom stereocenters. The lowest BCUT2D eigenvalue weighted by molar-refractivity contribution is -0.148. The van der Waals surface area contributed by atoms with Gasteiger partial charge in [-0.15, -0.1) is 11.3 Å². The molecule has 2 heterocycles. The molecule has 1 aromatic carbocycles. The largest absolute Gasteiger partial charge is 0.477 e. The minimum atomic E-state index is -3.36. The van der Waals surface area contributed by atoms with Gasteiger partial charge >= 0.3 is 11.9 Å².